The van der Waals surface area contributed by atoms with Gasteiger partial charge in [0, 0.05) is 25.4 Å². The van der Waals surface area contributed by atoms with E-state index < -0.39 is 5.60 Å². The Morgan fingerprint density at radius 2 is 2.04 bits per heavy atom. The van der Waals surface area contributed by atoms with Gasteiger partial charge in [-0.3, -0.25) is 4.68 Å². The number of aryl methyl sites for hydroxylation is 1. The molecule has 3 aromatic rings. The number of benzene rings is 2. The lowest BCUT2D eigenvalue weighted by Crippen LogP contribution is -2.29. The van der Waals surface area contributed by atoms with Gasteiger partial charge in [-0.05, 0) is 47.0 Å². The minimum atomic E-state index is -0.664. The van der Waals surface area contributed by atoms with Gasteiger partial charge < -0.3 is 4.74 Å². The zero-order chi connectivity index (χ0) is 17.3. The molecule has 0 radical (unpaired) electrons. The first-order valence-corrected chi connectivity index (χ1v) is 8.12. The lowest BCUT2D eigenvalue weighted by atomic mass is 9.82. The van der Waals surface area contributed by atoms with Crippen molar-refractivity contribution in [2.24, 2.45) is 0 Å². The second kappa shape index (κ2) is 7.28. The molecular formula is C20H17ClFN3O. The predicted octanol–water partition coefficient (Wildman–Crippen LogP) is 4.18. The minimum Gasteiger partial charge on any atom is -0.361 e. The molecule has 0 bridgehead atoms. The van der Waals surface area contributed by atoms with Crippen molar-refractivity contribution in [3.63, 3.8) is 0 Å². The van der Waals surface area contributed by atoms with E-state index >= 15 is 0 Å². The number of hydrogen-bond donors (Lipinski definition) is 0. The molecule has 0 spiro atoms. The first-order chi connectivity index (χ1) is 12.2. The molecule has 0 N–H and O–H groups in total. The van der Waals surface area contributed by atoms with Crippen LogP contribution in [0.1, 0.15) is 28.7 Å². The summed E-state index contributed by atoms with van der Waals surface area (Å²) in [5, 5.41) is 13.4. The fourth-order valence-corrected chi connectivity index (χ4v) is 3.47. The van der Waals surface area contributed by atoms with Gasteiger partial charge in [-0.15, -0.1) is 12.4 Å². The maximum absolute atomic E-state index is 13.4. The van der Waals surface area contributed by atoms with Crippen molar-refractivity contribution in [1.82, 2.24) is 9.78 Å². The van der Waals surface area contributed by atoms with Crippen LogP contribution in [0.5, 0.6) is 0 Å². The number of ether oxygens (including phenoxy) is 1. The molecule has 6 heteroatoms. The van der Waals surface area contributed by atoms with Crippen molar-refractivity contribution < 1.29 is 9.13 Å². The van der Waals surface area contributed by atoms with Gasteiger partial charge in [-0.25, -0.2) is 4.39 Å². The van der Waals surface area contributed by atoms with Crippen LogP contribution in [0.15, 0.2) is 60.9 Å². The van der Waals surface area contributed by atoms with Crippen LogP contribution < -0.4 is 0 Å². The van der Waals surface area contributed by atoms with Crippen LogP contribution in [0.2, 0.25) is 0 Å². The van der Waals surface area contributed by atoms with Crippen molar-refractivity contribution in [1.29, 1.82) is 5.26 Å². The van der Waals surface area contributed by atoms with E-state index in [0.717, 1.165) is 16.7 Å². The zero-order valence-electron chi connectivity index (χ0n) is 13.9. The molecule has 0 fully saturated rings. The summed E-state index contributed by atoms with van der Waals surface area (Å²) in [5.74, 6) is -0.274. The van der Waals surface area contributed by atoms with Crippen LogP contribution in [-0.4, -0.2) is 9.78 Å². The first kappa shape index (κ1) is 18.1. The summed E-state index contributed by atoms with van der Waals surface area (Å²) in [4.78, 5) is 0. The Balaban J connectivity index is 0.00000196. The van der Waals surface area contributed by atoms with Crippen molar-refractivity contribution >= 4 is 12.4 Å². The Morgan fingerprint density at radius 1 is 1.23 bits per heavy atom. The largest absolute Gasteiger partial charge is 0.361 e. The van der Waals surface area contributed by atoms with Gasteiger partial charge in [0.15, 0.2) is 0 Å². The highest BCUT2D eigenvalue weighted by Crippen LogP contribution is 2.45. The van der Waals surface area contributed by atoms with Crippen molar-refractivity contribution in [2.75, 3.05) is 0 Å². The van der Waals surface area contributed by atoms with Crippen LogP contribution in [-0.2, 0) is 23.5 Å². The maximum Gasteiger partial charge on any atom is 0.123 e. The number of halogens is 2. The third-order valence-corrected chi connectivity index (χ3v) is 4.71. The monoisotopic (exact) mass is 369 g/mol. The van der Waals surface area contributed by atoms with Gasteiger partial charge >= 0.3 is 0 Å². The summed E-state index contributed by atoms with van der Waals surface area (Å²) < 4.78 is 21.5. The van der Waals surface area contributed by atoms with Crippen molar-refractivity contribution in [3.8, 4) is 6.07 Å². The molecule has 0 amide bonds. The Labute approximate surface area is 157 Å². The van der Waals surface area contributed by atoms with E-state index in [4.69, 9.17) is 10.00 Å². The number of fused-ring (bicyclic) bond motifs is 1. The van der Waals surface area contributed by atoms with E-state index in [1.807, 2.05) is 29.1 Å². The van der Waals surface area contributed by atoms with Gasteiger partial charge in [-0.1, -0.05) is 18.2 Å². The lowest BCUT2D eigenvalue weighted by Gasteiger charge is -2.30. The normalized spacial score (nSPS) is 18.0. The van der Waals surface area contributed by atoms with Crippen LogP contribution >= 0.6 is 12.4 Å². The molecule has 1 unspecified atom stereocenters. The van der Waals surface area contributed by atoms with Crippen LogP contribution in [0.25, 0.3) is 0 Å². The molecule has 132 valence electrons. The Bertz CT molecular complexity index is 935. The Morgan fingerprint density at radius 3 is 2.73 bits per heavy atom. The van der Waals surface area contributed by atoms with Crippen LogP contribution in [0.4, 0.5) is 4.39 Å². The average Bonchev–Trinajstić information content (AvgIpc) is 3.28. The second-order valence-corrected chi connectivity index (χ2v) is 6.13. The molecule has 4 nitrogen and oxygen atoms in total. The average molecular weight is 370 g/mol. The molecule has 1 aliphatic heterocycles. The molecule has 1 aromatic heterocycles. The first-order valence-electron chi connectivity index (χ1n) is 8.12. The summed E-state index contributed by atoms with van der Waals surface area (Å²) in [6, 6.07) is 16.1. The van der Waals surface area contributed by atoms with Gasteiger partial charge in [0.2, 0.25) is 0 Å². The molecular weight excluding hydrogens is 353 g/mol. The van der Waals surface area contributed by atoms with E-state index in [-0.39, 0.29) is 18.2 Å². The van der Waals surface area contributed by atoms with Crippen molar-refractivity contribution in [3.05, 3.63) is 89.0 Å². The van der Waals surface area contributed by atoms with Crippen LogP contribution in [0, 0.1) is 17.1 Å². The summed E-state index contributed by atoms with van der Waals surface area (Å²) >= 11 is 0. The summed E-state index contributed by atoms with van der Waals surface area (Å²) in [6.45, 7) is 1.10. The molecule has 2 aromatic carbocycles. The minimum absolute atomic E-state index is 0. The summed E-state index contributed by atoms with van der Waals surface area (Å²) in [7, 11) is 0. The number of rotatable bonds is 4. The summed E-state index contributed by atoms with van der Waals surface area (Å²) in [5.41, 5.74) is 2.89. The number of nitrogens with zero attached hydrogens (tertiary/aromatic N) is 3. The molecule has 2 heterocycles. The molecule has 4 rings (SSSR count). The van der Waals surface area contributed by atoms with E-state index in [0.29, 0.717) is 25.1 Å². The van der Waals surface area contributed by atoms with E-state index in [9.17, 15) is 4.39 Å². The standard InChI is InChI=1S/C20H16FN3O.ClH/c21-18-5-3-17(4-6-18)20(8-11-24-10-1-9-23-24)19-7-2-15(13-22)12-16(19)14-25-20;/h1-7,9-10,12H,8,11,14H2;1H. The fraction of sp³-hybridized carbons (Fsp3) is 0.200. The molecule has 1 atom stereocenters. The fourth-order valence-electron chi connectivity index (χ4n) is 3.47. The Kier molecular flexibility index (Phi) is 5.08. The smallest absolute Gasteiger partial charge is 0.123 e. The third kappa shape index (κ3) is 3.10. The van der Waals surface area contributed by atoms with E-state index in [1.54, 1.807) is 24.4 Å². The quantitative estimate of drug-likeness (QED) is 0.693. The van der Waals surface area contributed by atoms with Gasteiger partial charge in [0.25, 0.3) is 0 Å². The zero-order valence-corrected chi connectivity index (χ0v) is 14.7. The van der Waals surface area contributed by atoms with E-state index in [1.165, 1.54) is 12.1 Å². The highest BCUT2D eigenvalue weighted by molar-refractivity contribution is 5.85. The number of nitriles is 1. The molecule has 0 aliphatic carbocycles. The lowest BCUT2D eigenvalue weighted by molar-refractivity contribution is -0.0152. The number of aromatic nitrogens is 2. The van der Waals surface area contributed by atoms with Gasteiger partial charge in [-0.2, -0.15) is 10.4 Å². The molecule has 0 saturated heterocycles. The molecule has 1 aliphatic rings. The predicted molar refractivity (Wildman–Crippen MR) is 97.2 cm³/mol. The van der Waals surface area contributed by atoms with Gasteiger partial charge in [0.1, 0.15) is 11.4 Å². The number of hydrogen-bond acceptors (Lipinski definition) is 3. The Hall–Kier alpha value is -2.68. The van der Waals surface area contributed by atoms with Crippen molar-refractivity contribution in [2.45, 2.75) is 25.2 Å². The summed E-state index contributed by atoms with van der Waals surface area (Å²) in [6.07, 6.45) is 4.32. The SMILES string of the molecule is Cl.N#Cc1ccc2c(c1)COC2(CCn1cccn1)c1ccc(F)cc1. The highest BCUT2D eigenvalue weighted by atomic mass is 35.5. The third-order valence-electron chi connectivity index (χ3n) is 4.71. The topological polar surface area (TPSA) is 50.8 Å². The molecule has 26 heavy (non-hydrogen) atoms. The van der Waals surface area contributed by atoms with Gasteiger partial charge in [0.05, 0.1) is 18.2 Å². The van der Waals surface area contributed by atoms with Crippen LogP contribution in [0.3, 0.4) is 0 Å². The second-order valence-electron chi connectivity index (χ2n) is 6.13. The molecule has 0 saturated carbocycles. The maximum atomic E-state index is 13.4. The highest BCUT2D eigenvalue weighted by Gasteiger charge is 2.41. The van der Waals surface area contributed by atoms with E-state index in [2.05, 4.69) is 11.2 Å².